The molecule has 2 aromatic rings. The van der Waals surface area contributed by atoms with Crippen molar-refractivity contribution >= 4 is 18.8 Å². The van der Waals surface area contributed by atoms with E-state index in [9.17, 15) is 14.3 Å². The van der Waals surface area contributed by atoms with Gasteiger partial charge in [-0.15, -0.1) is 0 Å². The van der Waals surface area contributed by atoms with E-state index in [2.05, 4.69) is 5.32 Å². The number of carbonyl (C=O) groups excluding carboxylic acids is 1. The number of nitrogens with one attached hydrogen (secondary N) is 1. The van der Waals surface area contributed by atoms with Crippen LogP contribution in [0.2, 0.25) is 0 Å². The van der Waals surface area contributed by atoms with Crippen LogP contribution in [0.25, 0.3) is 0 Å². The molecule has 0 aromatic heterocycles. The van der Waals surface area contributed by atoms with E-state index in [1.807, 2.05) is 30.3 Å². The van der Waals surface area contributed by atoms with Crippen LogP contribution >= 0.6 is 7.37 Å². The average Bonchev–Trinajstić information content (AvgIpc) is 2.53. The maximum Gasteiger partial charge on any atom is 0.407 e. The van der Waals surface area contributed by atoms with Crippen LogP contribution < -0.4 is 10.6 Å². The number of benzene rings is 2. The van der Waals surface area contributed by atoms with Crippen LogP contribution in [-0.2, 0) is 15.9 Å². The Morgan fingerprint density at radius 1 is 1.05 bits per heavy atom. The molecule has 0 spiro atoms. The SMILES string of the molecule is O=C(NCP(=O)(O)c1ccccc1)OCc1ccccc1. The van der Waals surface area contributed by atoms with Crippen LogP contribution in [0.5, 0.6) is 0 Å². The highest BCUT2D eigenvalue weighted by atomic mass is 31.2. The van der Waals surface area contributed by atoms with Gasteiger partial charge in [-0.3, -0.25) is 4.57 Å². The fraction of sp³-hybridized carbons (Fsp3) is 0.133. The van der Waals surface area contributed by atoms with Crippen molar-refractivity contribution in [2.24, 2.45) is 0 Å². The molecule has 0 aliphatic carbocycles. The van der Waals surface area contributed by atoms with Crippen LogP contribution in [0.1, 0.15) is 5.56 Å². The van der Waals surface area contributed by atoms with Crippen LogP contribution in [-0.4, -0.2) is 17.3 Å². The van der Waals surface area contributed by atoms with Crippen molar-refractivity contribution in [1.82, 2.24) is 5.32 Å². The maximum absolute atomic E-state index is 12.1. The zero-order valence-corrected chi connectivity index (χ0v) is 12.2. The molecular weight excluding hydrogens is 289 g/mol. The van der Waals surface area contributed by atoms with Crippen molar-refractivity contribution in [2.45, 2.75) is 6.61 Å². The number of hydrogen-bond acceptors (Lipinski definition) is 3. The highest BCUT2D eigenvalue weighted by Crippen LogP contribution is 2.37. The molecule has 5 nitrogen and oxygen atoms in total. The summed E-state index contributed by atoms with van der Waals surface area (Å²) in [4.78, 5) is 21.4. The van der Waals surface area contributed by atoms with Crippen molar-refractivity contribution in [1.29, 1.82) is 0 Å². The van der Waals surface area contributed by atoms with Crippen molar-refractivity contribution in [3.05, 3.63) is 66.2 Å². The lowest BCUT2D eigenvalue weighted by atomic mass is 10.2. The number of alkyl carbamates (subject to hydrolysis) is 1. The summed E-state index contributed by atoms with van der Waals surface area (Å²) in [6, 6.07) is 17.4. The minimum absolute atomic E-state index is 0.119. The average molecular weight is 305 g/mol. The van der Waals surface area contributed by atoms with Gasteiger partial charge in [-0.2, -0.15) is 0 Å². The second kappa shape index (κ2) is 7.07. The molecule has 110 valence electrons. The Morgan fingerprint density at radius 2 is 1.62 bits per heavy atom. The van der Waals surface area contributed by atoms with E-state index in [1.54, 1.807) is 30.3 Å². The minimum atomic E-state index is -3.61. The van der Waals surface area contributed by atoms with Crippen molar-refractivity contribution in [2.75, 3.05) is 6.29 Å². The number of carbonyl (C=O) groups is 1. The molecule has 1 amide bonds. The van der Waals surface area contributed by atoms with Gasteiger partial charge in [0.1, 0.15) is 12.9 Å². The van der Waals surface area contributed by atoms with E-state index in [4.69, 9.17) is 4.74 Å². The first-order valence-electron chi connectivity index (χ1n) is 6.40. The summed E-state index contributed by atoms with van der Waals surface area (Å²) in [5.74, 6) is 0. The lowest BCUT2D eigenvalue weighted by Crippen LogP contribution is -2.27. The quantitative estimate of drug-likeness (QED) is 0.832. The predicted molar refractivity (Wildman–Crippen MR) is 80.5 cm³/mol. The van der Waals surface area contributed by atoms with Crippen LogP contribution in [0, 0.1) is 0 Å². The van der Waals surface area contributed by atoms with Gasteiger partial charge in [-0.05, 0) is 17.7 Å². The first-order chi connectivity index (χ1) is 10.1. The van der Waals surface area contributed by atoms with Crippen LogP contribution in [0.4, 0.5) is 4.79 Å². The molecule has 2 aromatic carbocycles. The fourth-order valence-corrected chi connectivity index (χ4v) is 2.86. The molecule has 1 atom stereocenters. The molecule has 6 heteroatoms. The molecule has 2 N–H and O–H groups in total. The highest BCUT2D eigenvalue weighted by molar-refractivity contribution is 7.66. The third-order valence-corrected chi connectivity index (χ3v) is 4.50. The molecule has 0 saturated carbocycles. The molecule has 0 aliphatic rings. The Balaban J connectivity index is 1.82. The summed E-state index contributed by atoms with van der Waals surface area (Å²) in [5, 5.41) is 2.62. The molecular formula is C15H16NO4P. The van der Waals surface area contributed by atoms with Gasteiger partial charge in [0.05, 0.1) is 0 Å². The van der Waals surface area contributed by atoms with Gasteiger partial charge in [0, 0.05) is 5.30 Å². The van der Waals surface area contributed by atoms with Crippen LogP contribution in [0.15, 0.2) is 60.7 Å². The first kappa shape index (κ1) is 15.3. The first-order valence-corrected chi connectivity index (χ1v) is 8.24. The topological polar surface area (TPSA) is 75.6 Å². The largest absolute Gasteiger partial charge is 0.445 e. The zero-order chi connectivity index (χ0) is 15.1. The Hall–Kier alpha value is -2.10. The lowest BCUT2D eigenvalue weighted by molar-refractivity contribution is 0.141. The van der Waals surface area contributed by atoms with Crippen LogP contribution in [0.3, 0.4) is 0 Å². The number of hydrogen-bond donors (Lipinski definition) is 2. The highest BCUT2D eigenvalue weighted by Gasteiger charge is 2.21. The van der Waals surface area contributed by atoms with Gasteiger partial charge >= 0.3 is 6.09 Å². The normalized spacial score (nSPS) is 13.2. The standard InChI is InChI=1S/C15H16NO4P/c17-15(20-11-13-7-3-1-4-8-13)16-12-21(18,19)14-9-5-2-6-10-14/h1-10H,11-12H2,(H,16,17)(H,18,19). The van der Waals surface area contributed by atoms with Gasteiger partial charge in [0.15, 0.2) is 0 Å². The van der Waals surface area contributed by atoms with E-state index in [0.717, 1.165) is 5.56 Å². The molecule has 0 radical (unpaired) electrons. The second-order valence-corrected chi connectivity index (χ2v) is 6.67. The van der Waals surface area contributed by atoms with Gasteiger partial charge in [-0.1, -0.05) is 48.5 Å². The van der Waals surface area contributed by atoms with Gasteiger partial charge < -0.3 is 14.9 Å². The van der Waals surface area contributed by atoms with E-state index in [0.29, 0.717) is 5.30 Å². The van der Waals surface area contributed by atoms with E-state index in [1.165, 1.54) is 0 Å². The Bertz CT molecular complexity index is 631. The molecule has 0 saturated heterocycles. The van der Waals surface area contributed by atoms with Crippen molar-refractivity contribution in [3.8, 4) is 0 Å². The van der Waals surface area contributed by atoms with Crippen molar-refractivity contribution < 1.29 is 19.0 Å². The van der Waals surface area contributed by atoms with E-state index < -0.39 is 13.5 Å². The van der Waals surface area contributed by atoms with E-state index >= 15 is 0 Å². The monoisotopic (exact) mass is 305 g/mol. The molecule has 21 heavy (non-hydrogen) atoms. The summed E-state index contributed by atoms with van der Waals surface area (Å²) in [6.45, 7) is 0.119. The van der Waals surface area contributed by atoms with Gasteiger partial charge in [0.2, 0.25) is 7.37 Å². The molecule has 1 unspecified atom stereocenters. The maximum atomic E-state index is 12.1. The molecule has 0 bridgehead atoms. The molecule has 0 aliphatic heterocycles. The lowest BCUT2D eigenvalue weighted by Gasteiger charge is -2.13. The zero-order valence-electron chi connectivity index (χ0n) is 11.3. The predicted octanol–water partition coefficient (Wildman–Crippen LogP) is 2.47. The number of rotatable bonds is 5. The summed E-state index contributed by atoms with van der Waals surface area (Å²) in [7, 11) is -3.61. The number of amides is 1. The summed E-state index contributed by atoms with van der Waals surface area (Å²) >= 11 is 0. The fourth-order valence-electron chi connectivity index (χ4n) is 1.70. The third kappa shape index (κ3) is 4.74. The Kier molecular flexibility index (Phi) is 5.14. The van der Waals surface area contributed by atoms with E-state index in [-0.39, 0.29) is 12.9 Å². The smallest absolute Gasteiger partial charge is 0.407 e. The third-order valence-electron chi connectivity index (χ3n) is 2.81. The van der Waals surface area contributed by atoms with Crippen molar-refractivity contribution in [3.63, 3.8) is 0 Å². The summed E-state index contributed by atoms with van der Waals surface area (Å²) in [6.07, 6.45) is -1.07. The Labute approximate surface area is 123 Å². The minimum Gasteiger partial charge on any atom is -0.445 e. The molecule has 0 fully saturated rings. The summed E-state index contributed by atoms with van der Waals surface area (Å²) < 4.78 is 17.1. The Morgan fingerprint density at radius 3 is 2.24 bits per heavy atom. The number of ether oxygens (including phenoxy) is 1. The second-order valence-electron chi connectivity index (χ2n) is 4.43. The summed E-state index contributed by atoms with van der Waals surface area (Å²) in [5.41, 5.74) is 0.850. The van der Waals surface area contributed by atoms with Gasteiger partial charge in [0.25, 0.3) is 0 Å². The van der Waals surface area contributed by atoms with Gasteiger partial charge in [-0.25, -0.2) is 4.79 Å². The molecule has 2 rings (SSSR count). The molecule has 0 heterocycles.